The molecule has 0 spiro atoms. The first-order valence-electron chi connectivity index (χ1n) is 6.27. The molecular weight excluding hydrogens is 236 g/mol. The lowest BCUT2D eigenvalue weighted by Crippen LogP contribution is -2.17. The fraction of sp³-hybridized carbons (Fsp3) is 0.176. The zero-order valence-electron chi connectivity index (χ0n) is 11.1. The van der Waals surface area contributed by atoms with Crippen molar-refractivity contribution in [2.45, 2.75) is 20.3 Å². The maximum atomic E-state index is 12.0. The molecular formula is C17H16O2. The highest BCUT2D eigenvalue weighted by Gasteiger charge is 2.17. The molecule has 0 aromatic heterocycles. The Balaban J connectivity index is 2.18. The highest BCUT2D eigenvalue weighted by Crippen LogP contribution is 2.14. The number of ketones is 2. The maximum Gasteiger partial charge on any atom is 0.228 e. The monoisotopic (exact) mass is 252 g/mol. The normalized spacial score (nSPS) is 10.2. The molecule has 2 aromatic carbocycles. The Bertz CT molecular complexity index is 612. The number of carbonyl (C=O) groups is 2. The molecule has 0 unspecified atom stereocenters. The van der Waals surface area contributed by atoms with E-state index >= 15 is 0 Å². The summed E-state index contributed by atoms with van der Waals surface area (Å²) in [4.78, 5) is 24.0. The first-order chi connectivity index (χ1) is 9.09. The third-order valence-corrected chi connectivity index (χ3v) is 3.36. The van der Waals surface area contributed by atoms with E-state index in [9.17, 15) is 9.59 Å². The molecule has 2 rings (SSSR count). The van der Waals surface area contributed by atoms with E-state index in [4.69, 9.17) is 0 Å². The van der Waals surface area contributed by atoms with Crippen LogP contribution in [0.3, 0.4) is 0 Å². The summed E-state index contributed by atoms with van der Waals surface area (Å²) in [6.07, 6.45) is 0.168. The van der Waals surface area contributed by atoms with E-state index in [1.165, 1.54) is 0 Å². The van der Waals surface area contributed by atoms with Gasteiger partial charge in [0.25, 0.3) is 0 Å². The first kappa shape index (κ1) is 13.2. The summed E-state index contributed by atoms with van der Waals surface area (Å²) >= 11 is 0. The van der Waals surface area contributed by atoms with Crippen LogP contribution in [0.2, 0.25) is 0 Å². The van der Waals surface area contributed by atoms with Gasteiger partial charge in [0.1, 0.15) is 0 Å². The predicted molar refractivity (Wildman–Crippen MR) is 75.4 cm³/mol. The molecule has 0 saturated carbocycles. The fourth-order valence-corrected chi connectivity index (χ4v) is 2.01. The van der Waals surface area contributed by atoms with Crippen LogP contribution < -0.4 is 0 Å². The van der Waals surface area contributed by atoms with Gasteiger partial charge in [0.05, 0.1) is 0 Å². The Morgan fingerprint density at radius 2 is 1.58 bits per heavy atom. The molecule has 0 fully saturated rings. The molecule has 0 aliphatic heterocycles. The summed E-state index contributed by atoms with van der Waals surface area (Å²) in [5.41, 5.74) is 3.60. The number of rotatable bonds is 4. The van der Waals surface area contributed by atoms with Crippen molar-refractivity contribution in [1.29, 1.82) is 0 Å². The second kappa shape index (κ2) is 5.61. The number of carbonyl (C=O) groups excluding carboxylic acids is 2. The van der Waals surface area contributed by atoms with Crippen molar-refractivity contribution in [3.63, 3.8) is 0 Å². The van der Waals surface area contributed by atoms with Gasteiger partial charge in [-0.2, -0.15) is 0 Å². The summed E-state index contributed by atoms with van der Waals surface area (Å²) in [7, 11) is 0. The lowest BCUT2D eigenvalue weighted by Gasteiger charge is -2.07. The topological polar surface area (TPSA) is 34.1 Å². The molecule has 96 valence electrons. The average molecular weight is 252 g/mol. The molecule has 0 bridgehead atoms. The number of hydrogen-bond donors (Lipinski definition) is 0. The molecule has 0 atom stereocenters. The van der Waals surface area contributed by atoms with Crippen molar-refractivity contribution in [3.05, 3.63) is 70.8 Å². The number of aryl methyl sites for hydroxylation is 1. The highest BCUT2D eigenvalue weighted by atomic mass is 16.2. The summed E-state index contributed by atoms with van der Waals surface area (Å²) in [5, 5.41) is 0. The van der Waals surface area contributed by atoms with E-state index in [-0.39, 0.29) is 12.2 Å². The lowest BCUT2D eigenvalue weighted by molar-refractivity contribution is -0.114. The van der Waals surface area contributed by atoms with Crippen molar-refractivity contribution in [1.82, 2.24) is 0 Å². The average Bonchev–Trinajstić information content (AvgIpc) is 2.44. The van der Waals surface area contributed by atoms with E-state index < -0.39 is 5.78 Å². The molecule has 2 nitrogen and oxygen atoms in total. The van der Waals surface area contributed by atoms with Gasteiger partial charge in [0.2, 0.25) is 11.6 Å². The van der Waals surface area contributed by atoms with E-state index in [0.29, 0.717) is 5.56 Å². The summed E-state index contributed by atoms with van der Waals surface area (Å²) in [6.45, 7) is 3.98. The third-order valence-electron chi connectivity index (χ3n) is 3.36. The van der Waals surface area contributed by atoms with Crippen LogP contribution in [0, 0.1) is 13.8 Å². The van der Waals surface area contributed by atoms with Crippen molar-refractivity contribution in [3.8, 4) is 0 Å². The van der Waals surface area contributed by atoms with Crippen LogP contribution in [0.25, 0.3) is 0 Å². The quantitative estimate of drug-likeness (QED) is 0.618. The van der Waals surface area contributed by atoms with Crippen molar-refractivity contribution < 1.29 is 9.59 Å². The van der Waals surface area contributed by atoms with E-state index in [2.05, 4.69) is 0 Å². The van der Waals surface area contributed by atoms with Crippen molar-refractivity contribution in [2.75, 3.05) is 0 Å². The SMILES string of the molecule is Cc1cccc(CC(=O)C(=O)c2ccccc2)c1C. The van der Waals surface area contributed by atoms with Crippen LogP contribution in [0.1, 0.15) is 27.0 Å². The minimum atomic E-state index is -0.415. The minimum absolute atomic E-state index is 0.168. The lowest BCUT2D eigenvalue weighted by atomic mass is 9.96. The molecule has 2 heteroatoms. The smallest absolute Gasteiger partial charge is 0.228 e. The molecule has 0 aliphatic rings. The Hall–Kier alpha value is -2.22. The van der Waals surface area contributed by atoms with Crippen molar-refractivity contribution >= 4 is 11.6 Å². The second-order valence-corrected chi connectivity index (χ2v) is 4.65. The molecule has 0 saturated heterocycles. The van der Waals surface area contributed by atoms with Gasteiger partial charge in [0.15, 0.2) is 0 Å². The minimum Gasteiger partial charge on any atom is -0.290 e. The van der Waals surface area contributed by atoms with Gasteiger partial charge in [-0.3, -0.25) is 9.59 Å². The molecule has 0 radical (unpaired) electrons. The molecule has 0 heterocycles. The standard InChI is InChI=1S/C17H16O2/c1-12-7-6-10-15(13(12)2)11-16(18)17(19)14-8-4-3-5-9-14/h3-10H,11H2,1-2H3. The fourth-order valence-electron chi connectivity index (χ4n) is 2.01. The van der Waals surface area contributed by atoms with Gasteiger partial charge < -0.3 is 0 Å². The summed E-state index contributed by atoms with van der Waals surface area (Å²) in [5.74, 6) is -0.776. The van der Waals surface area contributed by atoms with E-state index in [1.807, 2.05) is 38.1 Å². The zero-order chi connectivity index (χ0) is 13.8. The molecule has 2 aromatic rings. The van der Waals surface area contributed by atoms with Crippen LogP contribution in [0.15, 0.2) is 48.5 Å². The second-order valence-electron chi connectivity index (χ2n) is 4.65. The Morgan fingerprint density at radius 3 is 2.26 bits per heavy atom. The van der Waals surface area contributed by atoms with E-state index in [1.54, 1.807) is 24.3 Å². The highest BCUT2D eigenvalue weighted by molar-refractivity contribution is 6.44. The number of Topliss-reactive ketones (excluding diaryl/α,β-unsaturated/α-hetero) is 2. The third kappa shape index (κ3) is 2.97. The molecule has 0 aliphatic carbocycles. The molecule has 19 heavy (non-hydrogen) atoms. The van der Waals surface area contributed by atoms with Gasteiger partial charge in [0, 0.05) is 12.0 Å². The van der Waals surface area contributed by atoms with Gasteiger partial charge in [-0.15, -0.1) is 0 Å². The maximum absolute atomic E-state index is 12.0. The van der Waals surface area contributed by atoms with Crippen LogP contribution in [-0.4, -0.2) is 11.6 Å². The first-order valence-corrected chi connectivity index (χ1v) is 6.27. The molecule has 0 N–H and O–H groups in total. The Labute approximate surface area is 113 Å². The van der Waals surface area contributed by atoms with Crippen LogP contribution in [0.4, 0.5) is 0 Å². The number of hydrogen-bond acceptors (Lipinski definition) is 2. The number of benzene rings is 2. The summed E-state index contributed by atoms with van der Waals surface area (Å²) < 4.78 is 0. The van der Waals surface area contributed by atoms with Gasteiger partial charge in [-0.05, 0) is 30.5 Å². The predicted octanol–water partition coefficient (Wildman–Crippen LogP) is 3.30. The van der Waals surface area contributed by atoms with Crippen LogP contribution in [0.5, 0.6) is 0 Å². The van der Waals surface area contributed by atoms with Crippen LogP contribution in [-0.2, 0) is 11.2 Å². The van der Waals surface area contributed by atoms with E-state index in [0.717, 1.165) is 16.7 Å². The Kier molecular flexibility index (Phi) is 3.91. The van der Waals surface area contributed by atoms with Crippen LogP contribution >= 0.6 is 0 Å². The van der Waals surface area contributed by atoms with Crippen molar-refractivity contribution in [2.24, 2.45) is 0 Å². The Morgan fingerprint density at radius 1 is 0.895 bits per heavy atom. The molecule has 0 amide bonds. The largest absolute Gasteiger partial charge is 0.290 e. The zero-order valence-corrected chi connectivity index (χ0v) is 11.1. The van der Waals surface area contributed by atoms with Gasteiger partial charge in [-0.25, -0.2) is 0 Å². The van der Waals surface area contributed by atoms with Gasteiger partial charge >= 0.3 is 0 Å². The summed E-state index contributed by atoms with van der Waals surface area (Å²) in [6, 6.07) is 14.5. The van der Waals surface area contributed by atoms with Gasteiger partial charge in [-0.1, -0.05) is 48.5 Å².